The lowest BCUT2D eigenvalue weighted by molar-refractivity contribution is -0.137. The molecule has 0 fully saturated rings. The number of hydrogen-bond donors (Lipinski definition) is 3. The Morgan fingerprint density at radius 2 is 1.94 bits per heavy atom. The van der Waals surface area contributed by atoms with E-state index in [9.17, 15) is 4.79 Å². The Labute approximate surface area is 98.6 Å². The maximum Gasteiger partial charge on any atom is 0.304 e. The molecule has 1 atom stereocenters. The first-order valence-corrected chi connectivity index (χ1v) is 6.35. The zero-order chi connectivity index (χ0) is 12.2. The average molecular weight is 230 g/mol. The molecule has 0 rings (SSSR count). The average Bonchev–Trinajstić information content (AvgIpc) is 2.21. The molecular weight excluding hydrogens is 204 g/mol. The van der Waals surface area contributed by atoms with Gasteiger partial charge in [0.25, 0.3) is 0 Å². The van der Waals surface area contributed by atoms with Crippen LogP contribution in [0.4, 0.5) is 0 Å². The van der Waals surface area contributed by atoms with E-state index in [2.05, 4.69) is 12.2 Å². The Bertz CT molecular complexity index is 174. The molecule has 0 aliphatic rings. The molecule has 0 aromatic heterocycles. The second-order valence-electron chi connectivity index (χ2n) is 4.31. The highest BCUT2D eigenvalue weighted by Gasteiger charge is 2.06. The second kappa shape index (κ2) is 10.9. The Morgan fingerprint density at radius 3 is 2.56 bits per heavy atom. The van der Waals surface area contributed by atoms with Gasteiger partial charge in [-0.1, -0.05) is 26.2 Å². The van der Waals surface area contributed by atoms with Crippen molar-refractivity contribution in [1.82, 2.24) is 5.32 Å². The van der Waals surface area contributed by atoms with E-state index in [1.165, 1.54) is 25.7 Å². The van der Waals surface area contributed by atoms with Crippen molar-refractivity contribution < 1.29 is 9.90 Å². The first-order valence-electron chi connectivity index (χ1n) is 6.35. The summed E-state index contributed by atoms with van der Waals surface area (Å²) in [5, 5.41) is 11.9. The van der Waals surface area contributed by atoms with Crippen molar-refractivity contribution in [2.24, 2.45) is 5.73 Å². The molecule has 16 heavy (non-hydrogen) atoms. The number of rotatable bonds is 11. The number of aliphatic carboxylic acids is 1. The molecule has 0 radical (unpaired) electrons. The number of carbonyl (C=O) groups is 1. The van der Waals surface area contributed by atoms with Gasteiger partial charge in [0.1, 0.15) is 0 Å². The van der Waals surface area contributed by atoms with Crippen molar-refractivity contribution in [1.29, 1.82) is 0 Å². The van der Waals surface area contributed by atoms with Crippen LogP contribution >= 0.6 is 0 Å². The summed E-state index contributed by atoms with van der Waals surface area (Å²) in [5.74, 6) is -0.806. The van der Waals surface area contributed by atoms with Gasteiger partial charge in [-0.15, -0.1) is 0 Å². The van der Waals surface area contributed by atoms with Crippen LogP contribution in [0, 0.1) is 0 Å². The van der Waals surface area contributed by atoms with Crippen LogP contribution in [0.5, 0.6) is 0 Å². The second-order valence-corrected chi connectivity index (χ2v) is 4.31. The third-order valence-corrected chi connectivity index (χ3v) is 2.57. The first kappa shape index (κ1) is 15.4. The summed E-state index contributed by atoms with van der Waals surface area (Å²) >= 11 is 0. The molecule has 96 valence electrons. The molecule has 0 aromatic rings. The van der Waals surface area contributed by atoms with Gasteiger partial charge in [-0.05, 0) is 32.4 Å². The lowest BCUT2D eigenvalue weighted by Gasteiger charge is -2.09. The molecule has 0 aliphatic heterocycles. The number of carboxylic acid groups (broad SMARTS) is 1. The van der Waals surface area contributed by atoms with E-state index in [0.717, 1.165) is 25.9 Å². The maximum absolute atomic E-state index is 10.3. The minimum Gasteiger partial charge on any atom is -0.481 e. The van der Waals surface area contributed by atoms with E-state index < -0.39 is 5.97 Å². The Kier molecular flexibility index (Phi) is 10.5. The van der Waals surface area contributed by atoms with Crippen LogP contribution in [0.25, 0.3) is 0 Å². The molecule has 0 heterocycles. The molecule has 0 saturated carbocycles. The molecule has 0 amide bonds. The standard InChI is InChI=1S/C12H26N2O2/c1-2-3-4-5-8-14-9-6-7-11(13)10-12(15)16/h11,14H,2-10,13H2,1H3,(H,15,16). The molecular formula is C12H26N2O2. The van der Waals surface area contributed by atoms with Crippen molar-refractivity contribution in [3.8, 4) is 0 Å². The van der Waals surface area contributed by atoms with Crippen molar-refractivity contribution in [3.05, 3.63) is 0 Å². The molecule has 0 aromatic carbocycles. The van der Waals surface area contributed by atoms with Gasteiger partial charge < -0.3 is 16.2 Å². The fourth-order valence-electron chi connectivity index (χ4n) is 1.62. The third kappa shape index (κ3) is 11.5. The molecule has 4 heteroatoms. The molecule has 0 saturated heterocycles. The van der Waals surface area contributed by atoms with Crippen LogP contribution in [-0.2, 0) is 4.79 Å². The molecule has 0 spiro atoms. The predicted octanol–water partition coefficient (Wildman–Crippen LogP) is 1.74. The Morgan fingerprint density at radius 1 is 1.25 bits per heavy atom. The summed E-state index contributed by atoms with van der Waals surface area (Å²) < 4.78 is 0. The van der Waals surface area contributed by atoms with E-state index in [0.29, 0.717) is 0 Å². The van der Waals surface area contributed by atoms with Gasteiger partial charge in [-0.3, -0.25) is 4.79 Å². The van der Waals surface area contributed by atoms with Gasteiger partial charge in [0, 0.05) is 6.04 Å². The maximum atomic E-state index is 10.3. The predicted molar refractivity (Wildman–Crippen MR) is 66.5 cm³/mol. The van der Waals surface area contributed by atoms with Crippen molar-refractivity contribution >= 4 is 5.97 Å². The van der Waals surface area contributed by atoms with Gasteiger partial charge in [0.05, 0.1) is 6.42 Å². The largest absolute Gasteiger partial charge is 0.481 e. The number of nitrogens with one attached hydrogen (secondary N) is 1. The normalized spacial score (nSPS) is 12.6. The van der Waals surface area contributed by atoms with Crippen molar-refractivity contribution in [2.45, 2.75) is 57.9 Å². The number of carboxylic acids is 1. The lowest BCUT2D eigenvalue weighted by atomic mass is 10.1. The zero-order valence-electron chi connectivity index (χ0n) is 10.4. The van der Waals surface area contributed by atoms with Crippen LogP contribution in [0.2, 0.25) is 0 Å². The highest BCUT2D eigenvalue weighted by molar-refractivity contribution is 5.67. The van der Waals surface area contributed by atoms with Crippen molar-refractivity contribution in [3.63, 3.8) is 0 Å². The van der Waals surface area contributed by atoms with Gasteiger partial charge in [-0.25, -0.2) is 0 Å². The van der Waals surface area contributed by atoms with E-state index in [4.69, 9.17) is 10.8 Å². The van der Waals surface area contributed by atoms with Crippen LogP contribution in [0.15, 0.2) is 0 Å². The van der Waals surface area contributed by atoms with Crippen molar-refractivity contribution in [2.75, 3.05) is 13.1 Å². The quantitative estimate of drug-likeness (QED) is 0.473. The summed E-state index contributed by atoms with van der Waals surface area (Å²) in [6.45, 7) is 4.21. The van der Waals surface area contributed by atoms with Crippen LogP contribution < -0.4 is 11.1 Å². The highest BCUT2D eigenvalue weighted by atomic mass is 16.4. The van der Waals surface area contributed by atoms with E-state index in [-0.39, 0.29) is 12.5 Å². The summed E-state index contributed by atoms with van der Waals surface area (Å²) in [6, 6.07) is -0.195. The van der Waals surface area contributed by atoms with Crippen LogP contribution in [0.1, 0.15) is 51.9 Å². The smallest absolute Gasteiger partial charge is 0.304 e. The van der Waals surface area contributed by atoms with E-state index in [1.807, 2.05) is 0 Å². The molecule has 0 aliphatic carbocycles. The van der Waals surface area contributed by atoms with Crippen LogP contribution in [-0.4, -0.2) is 30.2 Å². The first-order chi connectivity index (χ1) is 7.66. The fourth-order valence-corrected chi connectivity index (χ4v) is 1.62. The van der Waals surface area contributed by atoms with Crippen LogP contribution in [0.3, 0.4) is 0 Å². The third-order valence-electron chi connectivity index (χ3n) is 2.57. The number of nitrogens with two attached hydrogens (primary N) is 1. The molecule has 4 N–H and O–H groups in total. The van der Waals surface area contributed by atoms with Gasteiger partial charge in [0.2, 0.25) is 0 Å². The van der Waals surface area contributed by atoms with E-state index in [1.54, 1.807) is 0 Å². The minimum atomic E-state index is -0.806. The monoisotopic (exact) mass is 230 g/mol. The zero-order valence-corrected chi connectivity index (χ0v) is 10.4. The Hall–Kier alpha value is -0.610. The Balaban J connectivity index is 3.11. The molecule has 4 nitrogen and oxygen atoms in total. The summed E-state index contributed by atoms with van der Waals surface area (Å²) in [5.41, 5.74) is 5.65. The lowest BCUT2D eigenvalue weighted by Crippen LogP contribution is -2.25. The van der Waals surface area contributed by atoms with E-state index >= 15 is 0 Å². The fraction of sp³-hybridized carbons (Fsp3) is 0.917. The van der Waals surface area contributed by atoms with Gasteiger partial charge in [0.15, 0.2) is 0 Å². The molecule has 1 unspecified atom stereocenters. The van der Waals surface area contributed by atoms with Gasteiger partial charge in [-0.2, -0.15) is 0 Å². The summed E-state index contributed by atoms with van der Waals surface area (Å²) in [6.07, 6.45) is 6.93. The minimum absolute atomic E-state index is 0.0799. The summed E-state index contributed by atoms with van der Waals surface area (Å²) in [4.78, 5) is 10.3. The topological polar surface area (TPSA) is 75.3 Å². The molecule has 0 bridgehead atoms. The van der Waals surface area contributed by atoms with Gasteiger partial charge >= 0.3 is 5.97 Å². The number of unbranched alkanes of at least 4 members (excludes halogenated alkanes) is 3. The number of hydrogen-bond acceptors (Lipinski definition) is 3. The SMILES string of the molecule is CCCCCCNCCCC(N)CC(=O)O. The highest BCUT2D eigenvalue weighted by Crippen LogP contribution is 1.99. The summed E-state index contributed by atoms with van der Waals surface area (Å²) in [7, 11) is 0.